The molecular weight excluding hydrogens is 244 g/mol. The zero-order valence-corrected chi connectivity index (χ0v) is 10.2. The van der Waals surface area contributed by atoms with Gasteiger partial charge >= 0.3 is 0 Å². The summed E-state index contributed by atoms with van der Waals surface area (Å²) in [5.41, 5.74) is 0. The van der Waals surface area contributed by atoms with Crippen molar-refractivity contribution in [1.29, 1.82) is 0 Å². The fraction of sp³-hybridized carbons (Fsp3) is 0. The van der Waals surface area contributed by atoms with Crippen LogP contribution in [0.5, 0.6) is 0 Å². The molecule has 0 radical (unpaired) electrons. The van der Waals surface area contributed by atoms with Gasteiger partial charge in [0.05, 0.1) is 9.09 Å². The zero-order chi connectivity index (χ0) is 10.7. The molecule has 0 unspecified atom stereocenters. The largest absolute Gasteiger partial charge is 0.297 e. The van der Waals surface area contributed by atoms with E-state index >= 15 is 0 Å². The van der Waals surface area contributed by atoms with Crippen LogP contribution in [0.25, 0.3) is 0 Å². The lowest BCUT2D eigenvalue weighted by atomic mass is 10.4. The van der Waals surface area contributed by atoms with Crippen LogP contribution in [0.2, 0.25) is 0 Å². The first kappa shape index (κ1) is 10.8. The number of thiophene rings is 1. The minimum Gasteiger partial charge on any atom is -0.297 e. The van der Waals surface area contributed by atoms with Crippen molar-refractivity contribution in [1.82, 2.24) is 0 Å². The second-order valence-electron chi connectivity index (χ2n) is 2.87. The number of thiol groups is 1. The molecule has 2 rings (SSSR count). The highest BCUT2D eigenvalue weighted by atomic mass is 32.2. The molecule has 0 spiro atoms. The van der Waals surface area contributed by atoms with E-state index in [2.05, 4.69) is 12.6 Å². The predicted octanol–water partition coefficient (Wildman–Crippen LogP) is 4.00. The van der Waals surface area contributed by atoms with Crippen LogP contribution in [0.4, 0.5) is 0 Å². The summed E-state index contributed by atoms with van der Waals surface area (Å²) in [6, 6.07) is 11.8. The van der Waals surface area contributed by atoms with Crippen molar-refractivity contribution in [2.75, 3.05) is 0 Å². The number of carbonyl (C=O) groups is 1. The summed E-state index contributed by atoms with van der Waals surface area (Å²) in [5.74, 6) is 0. The average Bonchev–Trinajstić information content (AvgIpc) is 2.69. The normalized spacial score (nSPS) is 10.2. The van der Waals surface area contributed by atoms with Crippen LogP contribution < -0.4 is 0 Å². The summed E-state index contributed by atoms with van der Waals surface area (Å²) in [6.45, 7) is 0. The minimum atomic E-state index is 0.767. The van der Waals surface area contributed by atoms with Crippen molar-refractivity contribution in [3.63, 3.8) is 0 Å². The summed E-state index contributed by atoms with van der Waals surface area (Å²) in [4.78, 5) is 13.4. The molecule has 0 saturated heterocycles. The molecule has 1 nitrogen and oxygen atoms in total. The molecular formula is C11H8OS3. The molecule has 1 heterocycles. The smallest absolute Gasteiger partial charge is 0.160 e. The van der Waals surface area contributed by atoms with Gasteiger partial charge in [0, 0.05) is 9.79 Å². The minimum absolute atomic E-state index is 0.767. The van der Waals surface area contributed by atoms with Gasteiger partial charge in [-0.1, -0.05) is 11.8 Å². The van der Waals surface area contributed by atoms with Crippen molar-refractivity contribution >= 4 is 42.0 Å². The van der Waals surface area contributed by atoms with Gasteiger partial charge in [-0.25, -0.2) is 0 Å². The topological polar surface area (TPSA) is 17.1 Å². The van der Waals surface area contributed by atoms with E-state index in [0.717, 1.165) is 25.2 Å². The van der Waals surface area contributed by atoms with E-state index in [1.54, 1.807) is 11.8 Å². The molecule has 15 heavy (non-hydrogen) atoms. The Morgan fingerprint density at radius 1 is 1.13 bits per heavy atom. The van der Waals surface area contributed by atoms with E-state index in [1.165, 1.54) is 11.3 Å². The third-order valence-electron chi connectivity index (χ3n) is 1.77. The lowest BCUT2D eigenvalue weighted by Crippen LogP contribution is -1.69. The van der Waals surface area contributed by atoms with E-state index < -0.39 is 0 Å². The maximum absolute atomic E-state index is 10.5. The quantitative estimate of drug-likeness (QED) is 0.657. The Morgan fingerprint density at radius 2 is 1.87 bits per heavy atom. The summed E-state index contributed by atoms with van der Waals surface area (Å²) in [7, 11) is 0. The lowest BCUT2D eigenvalue weighted by Gasteiger charge is -1.97. The molecule has 4 heteroatoms. The first-order valence-electron chi connectivity index (χ1n) is 4.30. The van der Waals surface area contributed by atoms with E-state index in [1.807, 2.05) is 36.4 Å². The third kappa shape index (κ3) is 2.87. The van der Waals surface area contributed by atoms with Gasteiger partial charge in [-0.3, -0.25) is 4.79 Å². The Morgan fingerprint density at radius 3 is 2.47 bits per heavy atom. The van der Waals surface area contributed by atoms with Gasteiger partial charge in [0.25, 0.3) is 0 Å². The van der Waals surface area contributed by atoms with Gasteiger partial charge < -0.3 is 0 Å². The second-order valence-corrected chi connectivity index (χ2v) is 5.88. The monoisotopic (exact) mass is 252 g/mol. The van der Waals surface area contributed by atoms with Crippen LogP contribution in [0.15, 0.2) is 50.4 Å². The molecule has 1 aromatic heterocycles. The lowest BCUT2D eigenvalue weighted by molar-refractivity contribution is 0.112. The first-order valence-corrected chi connectivity index (χ1v) is 6.38. The number of rotatable bonds is 3. The number of hydrogen-bond donors (Lipinski definition) is 1. The summed E-state index contributed by atoms with van der Waals surface area (Å²) >= 11 is 7.39. The molecule has 0 fully saturated rings. The van der Waals surface area contributed by atoms with Gasteiger partial charge in [-0.05, 0) is 36.4 Å². The molecule has 0 saturated carbocycles. The third-order valence-corrected chi connectivity index (χ3v) is 4.22. The average molecular weight is 252 g/mol. The first-order chi connectivity index (χ1) is 7.28. The number of hydrogen-bond acceptors (Lipinski definition) is 4. The van der Waals surface area contributed by atoms with E-state index in [4.69, 9.17) is 0 Å². The Hall–Kier alpha value is -0.710. The highest BCUT2D eigenvalue weighted by Crippen LogP contribution is 2.33. The highest BCUT2D eigenvalue weighted by molar-refractivity contribution is 8.01. The summed E-state index contributed by atoms with van der Waals surface area (Å²) in [5, 5.41) is 0. The number of carbonyl (C=O) groups excluding carboxylic acids is 1. The Kier molecular flexibility index (Phi) is 3.51. The molecule has 0 bridgehead atoms. The van der Waals surface area contributed by atoms with Crippen LogP contribution in [0, 0.1) is 0 Å². The molecule has 0 aliphatic heterocycles. The fourth-order valence-corrected chi connectivity index (χ4v) is 3.17. The Balaban J connectivity index is 2.14. The molecule has 0 aliphatic rings. The van der Waals surface area contributed by atoms with Gasteiger partial charge in [0.2, 0.25) is 0 Å². The van der Waals surface area contributed by atoms with Gasteiger partial charge in [-0.2, -0.15) is 0 Å². The van der Waals surface area contributed by atoms with E-state index in [-0.39, 0.29) is 0 Å². The Bertz CT molecular complexity index is 459. The van der Waals surface area contributed by atoms with Crippen molar-refractivity contribution in [3.8, 4) is 0 Å². The molecule has 0 N–H and O–H groups in total. The van der Waals surface area contributed by atoms with Crippen LogP contribution >= 0.6 is 35.7 Å². The van der Waals surface area contributed by atoms with E-state index in [0.29, 0.717) is 0 Å². The van der Waals surface area contributed by atoms with Gasteiger partial charge in [-0.15, -0.1) is 24.0 Å². The molecule has 2 aromatic rings. The van der Waals surface area contributed by atoms with Crippen LogP contribution in [-0.4, -0.2) is 6.29 Å². The standard InChI is InChI=1S/C11H8OS3/c12-7-10-5-6-11(15-10)14-9-3-1-8(13)2-4-9/h1-7,13H. The molecule has 0 atom stereocenters. The van der Waals surface area contributed by atoms with Crippen molar-refractivity contribution < 1.29 is 4.79 Å². The summed E-state index contributed by atoms with van der Waals surface area (Å²) in [6.07, 6.45) is 0.881. The maximum Gasteiger partial charge on any atom is 0.160 e. The van der Waals surface area contributed by atoms with Crippen LogP contribution in [0.3, 0.4) is 0 Å². The zero-order valence-electron chi connectivity index (χ0n) is 7.71. The van der Waals surface area contributed by atoms with Crippen molar-refractivity contribution in [3.05, 3.63) is 41.3 Å². The van der Waals surface area contributed by atoms with Crippen molar-refractivity contribution in [2.24, 2.45) is 0 Å². The highest BCUT2D eigenvalue weighted by Gasteiger charge is 2.01. The van der Waals surface area contributed by atoms with E-state index in [9.17, 15) is 4.79 Å². The van der Waals surface area contributed by atoms with Crippen LogP contribution in [0.1, 0.15) is 9.67 Å². The van der Waals surface area contributed by atoms with Gasteiger partial charge in [0.15, 0.2) is 6.29 Å². The predicted molar refractivity (Wildman–Crippen MR) is 67.5 cm³/mol. The molecule has 76 valence electrons. The fourth-order valence-electron chi connectivity index (χ4n) is 1.08. The van der Waals surface area contributed by atoms with Gasteiger partial charge in [0.1, 0.15) is 0 Å². The molecule has 0 amide bonds. The number of benzene rings is 1. The van der Waals surface area contributed by atoms with Crippen molar-refractivity contribution in [2.45, 2.75) is 14.0 Å². The number of aldehydes is 1. The molecule has 1 aromatic carbocycles. The maximum atomic E-state index is 10.5. The molecule has 0 aliphatic carbocycles. The Labute approximate surface area is 102 Å². The SMILES string of the molecule is O=Cc1ccc(Sc2ccc(S)cc2)s1. The summed E-state index contributed by atoms with van der Waals surface area (Å²) < 4.78 is 1.13. The van der Waals surface area contributed by atoms with Crippen LogP contribution in [-0.2, 0) is 0 Å². The second kappa shape index (κ2) is 4.88.